The molecule has 1 aliphatic heterocycles. The minimum atomic E-state index is -0.262. The van der Waals surface area contributed by atoms with E-state index in [4.69, 9.17) is 0 Å². The van der Waals surface area contributed by atoms with Gasteiger partial charge in [-0.25, -0.2) is 4.68 Å². The Balaban J connectivity index is 1.34. The fourth-order valence-corrected chi connectivity index (χ4v) is 5.84. The molecule has 2 amide bonds. The number of fused-ring (bicyclic) bond motifs is 1. The lowest BCUT2D eigenvalue weighted by Crippen LogP contribution is -2.50. The molecule has 2 aliphatic rings. The lowest BCUT2D eigenvalue weighted by atomic mass is 9.78. The molecule has 2 atom stereocenters. The van der Waals surface area contributed by atoms with Gasteiger partial charge in [-0.15, -0.1) is 11.8 Å². The molecule has 1 aliphatic carbocycles. The van der Waals surface area contributed by atoms with Crippen LogP contribution in [0.1, 0.15) is 44.2 Å². The number of thioether (sulfide) groups is 1. The highest BCUT2D eigenvalue weighted by Crippen LogP contribution is 2.35. The summed E-state index contributed by atoms with van der Waals surface area (Å²) in [4.78, 5) is 40.4. The van der Waals surface area contributed by atoms with Crippen LogP contribution in [0.5, 0.6) is 0 Å². The Labute approximate surface area is 193 Å². The molecule has 4 rings (SSSR count). The molecular weight excluding hydrogens is 424 g/mol. The number of piperidine rings is 1. The summed E-state index contributed by atoms with van der Waals surface area (Å²) in [6.45, 7) is 2.65. The normalized spacial score (nSPS) is 20.6. The quantitative estimate of drug-likeness (QED) is 0.723. The number of benzene rings is 1. The van der Waals surface area contributed by atoms with Crippen LogP contribution in [0.4, 0.5) is 5.69 Å². The van der Waals surface area contributed by atoms with Gasteiger partial charge in [0.1, 0.15) is 5.69 Å². The fourth-order valence-electron chi connectivity index (χ4n) is 5.14. The standard InChI is InChI=1S/C24H32N4O3S/c1-17-23(24(31)28(26(17)2)19-11-4-3-5-12-19)25-21(29)15-32-16-22(30)27-14-8-10-18-9-6-7-13-20(18)27/h3-5,11-12,18,20H,6-10,13-16H2,1-2H3,(H,25,29). The van der Waals surface area contributed by atoms with Crippen molar-refractivity contribution < 1.29 is 9.59 Å². The molecule has 7 nitrogen and oxygen atoms in total. The zero-order chi connectivity index (χ0) is 22.7. The summed E-state index contributed by atoms with van der Waals surface area (Å²) in [6.07, 6.45) is 7.16. The highest BCUT2D eigenvalue weighted by Gasteiger charge is 2.35. The van der Waals surface area contributed by atoms with Crippen LogP contribution in [0.3, 0.4) is 0 Å². The van der Waals surface area contributed by atoms with Gasteiger partial charge in [-0.3, -0.25) is 19.1 Å². The summed E-state index contributed by atoms with van der Waals surface area (Å²) in [5.74, 6) is 0.984. The predicted molar refractivity (Wildman–Crippen MR) is 128 cm³/mol. The SMILES string of the molecule is Cc1c(NC(=O)CSCC(=O)N2CCCC3CCCCC32)c(=O)n(-c2ccccc2)n1C. The zero-order valence-electron chi connectivity index (χ0n) is 18.9. The average Bonchev–Trinajstić information content (AvgIpc) is 3.02. The number of hydrogen-bond donors (Lipinski definition) is 1. The first kappa shape index (κ1) is 22.7. The maximum Gasteiger partial charge on any atom is 0.295 e. The second-order valence-corrected chi connectivity index (χ2v) is 9.80. The van der Waals surface area contributed by atoms with Crippen LogP contribution < -0.4 is 10.9 Å². The second kappa shape index (κ2) is 9.98. The Bertz CT molecular complexity index is 1030. The van der Waals surface area contributed by atoms with Crippen LogP contribution in [-0.4, -0.2) is 50.2 Å². The van der Waals surface area contributed by atoms with Crippen LogP contribution in [0.15, 0.2) is 35.1 Å². The molecule has 1 aromatic heterocycles. The number of para-hydroxylation sites is 1. The molecule has 172 valence electrons. The van der Waals surface area contributed by atoms with Crippen molar-refractivity contribution in [2.75, 3.05) is 23.4 Å². The number of carbonyl (C=O) groups is 2. The summed E-state index contributed by atoms with van der Waals surface area (Å²) in [7, 11) is 1.80. The number of aromatic nitrogens is 2. The summed E-state index contributed by atoms with van der Waals surface area (Å²) < 4.78 is 3.28. The van der Waals surface area contributed by atoms with E-state index in [2.05, 4.69) is 10.2 Å². The van der Waals surface area contributed by atoms with Gasteiger partial charge < -0.3 is 10.2 Å². The number of nitrogens with zero attached hydrogens (tertiary/aromatic N) is 3. The highest BCUT2D eigenvalue weighted by atomic mass is 32.2. The Morgan fingerprint density at radius 3 is 2.56 bits per heavy atom. The van der Waals surface area contributed by atoms with E-state index >= 15 is 0 Å². The molecule has 1 aromatic carbocycles. The van der Waals surface area contributed by atoms with E-state index < -0.39 is 0 Å². The molecule has 0 spiro atoms. The predicted octanol–water partition coefficient (Wildman–Crippen LogP) is 3.34. The van der Waals surface area contributed by atoms with Gasteiger partial charge in [0.25, 0.3) is 5.56 Å². The molecule has 8 heteroatoms. The fraction of sp³-hybridized carbons (Fsp3) is 0.542. The number of amides is 2. The van der Waals surface area contributed by atoms with Crippen molar-refractivity contribution in [3.63, 3.8) is 0 Å². The Kier molecular flexibility index (Phi) is 7.08. The van der Waals surface area contributed by atoms with Crippen LogP contribution in [0.2, 0.25) is 0 Å². The maximum atomic E-state index is 12.9. The molecule has 2 heterocycles. The van der Waals surface area contributed by atoms with Crippen LogP contribution in [-0.2, 0) is 16.6 Å². The third-order valence-electron chi connectivity index (χ3n) is 6.84. The number of hydrogen-bond acceptors (Lipinski definition) is 4. The smallest absolute Gasteiger partial charge is 0.295 e. The number of likely N-dealkylation sites (tertiary alicyclic amines) is 1. The summed E-state index contributed by atoms with van der Waals surface area (Å²) in [5, 5.41) is 2.77. The van der Waals surface area contributed by atoms with Crippen molar-refractivity contribution >= 4 is 29.3 Å². The van der Waals surface area contributed by atoms with Gasteiger partial charge in [-0.1, -0.05) is 31.0 Å². The van der Waals surface area contributed by atoms with E-state index in [-0.39, 0.29) is 28.8 Å². The van der Waals surface area contributed by atoms with Gasteiger partial charge in [0.2, 0.25) is 11.8 Å². The molecule has 1 saturated heterocycles. The first-order chi connectivity index (χ1) is 15.5. The summed E-state index contributed by atoms with van der Waals surface area (Å²) in [5.41, 5.74) is 1.45. The van der Waals surface area contributed by atoms with Crippen molar-refractivity contribution in [1.29, 1.82) is 0 Å². The van der Waals surface area contributed by atoms with Crippen LogP contribution in [0, 0.1) is 12.8 Å². The Morgan fingerprint density at radius 2 is 1.78 bits per heavy atom. The lowest BCUT2D eigenvalue weighted by Gasteiger charge is -2.44. The van der Waals surface area contributed by atoms with Crippen molar-refractivity contribution in [3.05, 3.63) is 46.4 Å². The van der Waals surface area contributed by atoms with Crippen molar-refractivity contribution in [3.8, 4) is 5.69 Å². The first-order valence-electron chi connectivity index (χ1n) is 11.5. The van der Waals surface area contributed by atoms with Gasteiger partial charge in [-0.05, 0) is 50.7 Å². The highest BCUT2D eigenvalue weighted by molar-refractivity contribution is 8.00. The molecule has 32 heavy (non-hydrogen) atoms. The lowest BCUT2D eigenvalue weighted by molar-refractivity contribution is -0.134. The molecular formula is C24H32N4O3S. The molecule has 0 bridgehead atoms. The largest absolute Gasteiger partial charge is 0.339 e. The third kappa shape index (κ3) is 4.65. The number of anilines is 1. The van der Waals surface area contributed by atoms with Crippen LogP contribution in [0.25, 0.3) is 5.69 Å². The van der Waals surface area contributed by atoms with Gasteiger partial charge in [-0.2, -0.15) is 0 Å². The monoisotopic (exact) mass is 456 g/mol. The van der Waals surface area contributed by atoms with Gasteiger partial charge in [0.15, 0.2) is 0 Å². The minimum absolute atomic E-state index is 0.140. The number of carbonyl (C=O) groups excluding carboxylic acids is 2. The Hall–Kier alpha value is -2.48. The molecule has 2 aromatic rings. The van der Waals surface area contributed by atoms with Crippen molar-refractivity contribution in [1.82, 2.24) is 14.3 Å². The molecule has 1 saturated carbocycles. The molecule has 0 radical (unpaired) electrons. The maximum absolute atomic E-state index is 12.9. The molecule has 1 N–H and O–H groups in total. The van der Waals surface area contributed by atoms with E-state index in [0.29, 0.717) is 23.4 Å². The van der Waals surface area contributed by atoms with E-state index in [1.54, 1.807) is 16.4 Å². The van der Waals surface area contributed by atoms with Crippen molar-refractivity contribution in [2.45, 2.75) is 51.5 Å². The van der Waals surface area contributed by atoms with E-state index in [9.17, 15) is 14.4 Å². The van der Waals surface area contributed by atoms with Crippen LogP contribution >= 0.6 is 11.8 Å². The van der Waals surface area contributed by atoms with E-state index in [0.717, 1.165) is 25.1 Å². The first-order valence-corrected chi connectivity index (χ1v) is 12.6. The van der Waals surface area contributed by atoms with Gasteiger partial charge >= 0.3 is 0 Å². The minimum Gasteiger partial charge on any atom is -0.339 e. The second-order valence-electron chi connectivity index (χ2n) is 8.82. The summed E-state index contributed by atoms with van der Waals surface area (Å²) >= 11 is 1.32. The third-order valence-corrected chi connectivity index (χ3v) is 7.76. The van der Waals surface area contributed by atoms with E-state index in [1.165, 1.54) is 37.4 Å². The average molecular weight is 457 g/mol. The number of rotatable bonds is 6. The zero-order valence-corrected chi connectivity index (χ0v) is 19.7. The topological polar surface area (TPSA) is 76.3 Å². The molecule has 2 fully saturated rings. The Morgan fingerprint density at radius 1 is 1.06 bits per heavy atom. The number of nitrogens with one attached hydrogen (secondary N) is 1. The van der Waals surface area contributed by atoms with Crippen molar-refractivity contribution in [2.24, 2.45) is 13.0 Å². The summed E-state index contributed by atoms with van der Waals surface area (Å²) in [6, 6.07) is 9.73. The molecule has 2 unspecified atom stereocenters. The van der Waals surface area contributed by atoms with Gasteiger partial charge in [0, 0.05) is 19.6 Å². The van der Waals surface area contributed by atoms with Gasteiger partial charge in [0.05, 0.1) is 22.9 Å². The van der Waals surface area contributed by atoms with E-state index in [1.807, 2.05) is 37.3 Å².